The van der Waals surface area contributed by atoms with E-state index in [1.807, 2.05) is 23.1 Å². The number of rotatable bonds is 5. The van der Waals surface area contributed by atoms with Crippen molar-refractivity contribution in [1.82, 2.24) is 14.3 Å². The van der Waals surface area contributed by atoms with E-state index in [0.717, 1.165) is 5.56 Å². The van der Waals surface area contributed by atoms with E-state index >= 15 is 0 Å². The maximum absolute atomic E-state index is 12.0. The molecule has 27 heavy (non-hydrogen) atoms. The van der Waals surface area contributed by atoms with E-state index in [4.69, 9.17) is 13.8 Å². The highest BCUT2D eigenvalue weighted by Gasteiger charge is 2.27. The molecule has 0 saturated carbocycles. The molecule has 9 heteroatoms. The summed E-state index contributed by atoms with van der Waals surface area (Å²) in [4.78, 5) is 11.2. The topological polar surface area (TPSA) is 92.7 Å². The number of hydrogen-bond acceptors (Lipinski definition) is 7. The summed E-state index contributed by atoms with van der Waals surface area (Å²) < 4.78 is 36.6. The Morgan fingerprint density at radius 1 is 1.04 bits per heavy atom. The van der Waals surface area contributed by atoms with Gasteiger partial charge < -0.3 is 13.7 Å². The quantitative estimate of drug-likeness (QED) is 0.663. The molecule has 8 nitrogen and oxygen atoms in total. The molecule has 3 aromatic rings. The predicted molar refractivity (Wildman–Crippen MR) is 101 cm³/mol. The Kier molecular flexibility index (Phi) is 4.71. The van der Waals surface area contributed by atoms with Crippen LogP contribution in [0.2, 0.25) is 0 Å². The van der Waals surface area contributed by atoms with Crippen LogP contribution in [-0.2, 0) is 10.0 Å². The molecule has 0 amide bonds. The normalized spacial score (nSPS) is 16.0. The van der Waals surface area contributed by atoms with Gasteiger partial charge >= 0.3 is 0 Å². The maximum atomic E-state index is 12.0. The van der Waals surface area contributed by atoms with Crippen LogP contribution >= 0.6 is 0 Å². The largest absolute Gasteiger partial charge is 0.464 e. The third-order valence-electron chi connectivity index (χ3n) is 4.60. The molecule has 0 aliphatic carbocycles. The third-order valence-corrected chi connectivity index (χ3v) is 6.48. The van der Waals surface area contributed by atoms with Crippen molar-refractivity contribution in [1.29, 1.82) is 0 Å². The van der Waals surface area contributed by atoms with Gasteiger partial charge in [-0.1, -0.05) is 0 Å². The lowest BCUT2D eigenvalue weighted by Crippen LogP contribution is -2.49. The first kappa shape index (κ1) is 17.7. The second-order valence-electron chi connectivity index (χ2n) is 6.17. The number of sulfonamides is 1. The molecule has 0 atom stereocenters. The number of piperazine rings is 1. The van der Waals surface area contributed by atoms with Crippen molar-refractivity contribution in [3.63, 3.8) is 0 Å². The molecule has 1 saturated heterocycles. The van der Waals surface area contributed by atoms with E-state index in [2.05, 4.69) is 4.98 Å². The van der Waals surface area contributed by atoms with Crippen molar-refractivity contribution in [3.8, 4) is 22.8 Å². The van der Waals surface area contributed by atoms with Crippen LogP contribution in [0.4, 0.5) is 5.95 Å². The fourth-order valence-electron chi connectivity index (χ4n) is 3.09. The summed E-state index contributed by atoms with van der Waals surface area (Å²) >= 11 is 0. The summed E-state index contributed by atoms with van der Waals surface area (Å²) in [5.74, 6) is 1.94. The Balaban J connectivity index is 1.63. The van der Waals surface area contributed by atoms with Crippen LogP contribution in [0.15, 0.2) is 51.8 Å². The van der Waals surface area contributed by atoms with Crippen LogP contribution < -0.4 is 4.90 Å². The van der Waals surface area contributed by atoms with E-state index < -0.39 is 10.0 Å². The van der Waals surface area contributed by atoms with E-state index in [1.165, 1.54) is 4.31 Å². The maximum Gasteiger partial charge on any atom is 0.226 e. The summed E-state index contributed by atoms with van der Waals surface area (Å²) in [6.45, 7) is 3.59. The van der Waals surface area contributed by atoms with Crippen LogP contribution in [0.5, 0.6) is 0 Å². The smallest absolute Gasteiger partial charge is 0.226 e. The standard InChI is InChI=1S/C18H20N4O4S/c1-2-27(23,24)22-9-7-21(8-10-22)18-19-13-14(15-5-3-11-25-15)17(20-18)16-6-4-12-26-16/h3-6,11-13H,2,7-10H2,1H3. The highest BCUT2D eigenvalue weighted by atomic mass is 32.2. The summed E-state index contributed by atoms with van der Waals surface area (Å²) in [5, 5.41) is 0. The summed E-state index contributed by atoms with van der Waals surface area (Å²) in [6, 6.07) is 7.30. The van der Waals surface area contributed by atoms with E-state index in [9.17, 15) is 8.42 Å². The van der Waals surface area contributed by atoms with Gasteiger partial charge in [0.2, 0.25) is 16.0 Å². The molecule has 1 aliphatic rings. The summed E-state index contributed by atoms with van der Waals surface area (Å²) in [6.07, 6.45) is 4.91. The van der Waals surface area contributed by atoms with Gasteiger partial charge in [0, 0.05) is 32.4 Å². The first-order valence-electron chi connectivity index (χ1n) is 8.76. The van der Waals surface area contributed by atoms with Gasteiger partial charge in [-0.15, -0.1) is 0 Å². The minimum atomic E-state index is -3.17. The molecule has 1 aliphatic heterocycles. The lowest BCUT2D eigenvalue weighted by atomic mass is 10.1. The minimum absolute atomic E-state index is 0.115. The van der Waals surface area contributed by atoms with Gasteiger partial charge in [-0.3, -0.25) is 0 Å². The zero-order valence-electron chi connectivity index (χ0n) is 14.9. The first-order chi connectivity index (χ1) is 13.1. The van der Waals surface area contributed by atoms with E-state index in [-0.39, 0.29) is 5.75 Å². The zero-order chi connectivity index (χ0) is 18.9. The molecule has 0 bridgehead atoms. The second kappa shape index (κ2) is 7.16. The zero-order valence-corrected chi connectivity index (χ0v) is 15.7. The van der Waals surface area contributed by atoms with Gasteiger partial charge in [-0.25, -0.2) is 18.4 Å². The van der Waals surface area contributed by atoms with Crippen LogP contribution in [0, 0.1) is 0 Å². The number of anilines is 1. The Hall–Kier alpha value is -2.65. The first-order valence-corrected chi connectivity index (χ1v) is 10.4. The fourth-order valence-corrected chi connectivity index (χ4v) is 4.17. The second-order valence-corrected chi connectivity index (χ2v) is 8.43. The van der Waals surface area contributed by atoms with Crippen molar-refractivity contribution < 1.29 is 17.3 Å². The Labute approximate surface area is 157 Å². The molecular weight excluding hydrogens is 368 g/mol. The van der Waals surface area contributed by atoms with E-state index in [1.54, 1.807) is 31.7 Å². The summed E-state index contributed by atoms with van der Waals surface area (Å²) in [5.41, 5.74) is 1.38. The lowest BCUT2D eigenvalue weighted by molar-refractivity contribution is 0.383. The van der Waals surface area contributed by atoms with Gasteiger partial charge in [0.15, 0.2) is 5.76 Å². The fraction of sp³-hybridized carbons (Fsp3) is 0.333. The van der Waals surface area contributed by atoms with E-state index in [0.29, 0.717) is 49.3 Å². The molecular formula is C18H20N4O4S. The molecule has 4 heterocycles. The molecule has 0 aromatic carbocycles. The third kappa shape index (κ3) is 3.47. The minimum Gasteiger partial charge on any atom is -0.464 e. The Morgan fingerprint density at radius 3 is 2.30 bits per heavy atom. The molecule has 0 unspecified atom stereocenters. The number of furan rings is 2. The SMILES string of the molecule is CCS(=O)(=O)N1CCN(c2ncc(-c3ccco3)c(-c3ccco3)n2)CC1. The van der Waals surface area contributed by atoms with Gasteiger partial charge in [-0.05, 0) is 31.2 Å². The molecule has 4 rings (SSSR count). The van der Waals surface area contributed by atoms with Crippen LogP contribution in [0.1, 0.15) is 6.92 Å². The van der Waals surface area contributed by atoms with Crippen LogP contribution in [0.25, 0.3) is 22.8 Å². The average molecular weight is 388 g/mol. The van der Waals surface area contributed by atoms with Crippen molar-refractivity contribution in [3.05, 3.63) is 43.0 Å². The van der Waals surface area contributed by atoms with Gasteiger partial charge in [0.25, 0.3) is 0 Å². The number of hydrogen-bond donors (Lipinski definition) is 0. The highest BCUT2D eigenvalue weighted by molar-refractivity contribution is 7.89. The number of nitrogens with zero attached hydrogens (tertiary/aromatic N) is 4. The Bertz CT molecular complexity index is 992. The van der Waals surface area contributed by atoms with Gasteiger partial charge in [-0.2, -0.15) is 4.31 Å². The molecule has 3 aromatic heterocycles. The monoisotopic (exact) mass is 388 g/mol. The molecule has 0 radical (unpaired) electrons. The molecule has 1 fully saturated rings. The van der Waals surface area contributed by atoms with Crippen LogP contribution in [0.3, 0.4) is 0 Å². The van der Waals surface area contributed by atoms with Gasteiger partial charge in [0.1, 0.15) is 11.5 Å². The molecule has 0 N–H and O–H groups in total. The summed E-state index contributed by atoms with van der Waals surface area (Å²) in [7, 11) is -3.17. The average Bonchev–Trinajstić information content (AvgIpc) is 3.41. The van der Waals surface area contributed by atoms with Crippen molar-refractivity contribution in [2.24, 2.45) is 0 Å². The molecule has 0 spiro atoms. The Morgan fingerprint density at radius 2 is 1.70 bits per heavy atom. The van der Waals surface area contributed by atoms with Gasteiger partial charge in [0.05, 0.1) is 23.8 Å². The van der Waals surface area contributed by atoms with Crippen molar-refractivity contribution in [2.45, 2.75) is 6.92 Å². The predicted octanol–water partition coefficient (Wildman–Crippen LogP) is 2.47. The number of aromatic nitrogens is 2. The van der Waals surface area contributed by atoms with Crippen molar-refractivity contribution >= 4 is 16.0 Å². The van der Waals surface area contributed by atoms with Crippen LogP contribution in [-0.4, -0.2) is 54.6 Å². The molecule has 142 valence electrons. The van der Waals surface area contributed by atoms with Crippen molar-refractivity contribution in [2.75, 3.05) is 36.8 Å². The lowest BCUT2D eigenvalue weighted by Gasteiger charge is -2.33. The highest BCUT2D eigenvalue weighted by Crippen LogP contribution is 2.32.